The third-order valence-corrected chi connectivity index (χ3v) is 4.28. The van der Waals surface area contributed by atoms with Crippen LogP contribution < -0.4 is 4.74 Å². The van der Waals surface area contributed by atoms with Crippen molar-refractivity contribution in [2.45, 2.75) is 65.2 Å². The summed E-state index contributed by atoms with van der Waals surface area (Å²) in [6, 6.07) is 16.7. The van der Waals surface area contributed by atoms with Crippen molar-refractivity contribution in [1.29, 1.82) is 0 Å². The molecule has 0 radical (unpaired) electrons. The van der Waals surface area contributed by atoms with Crippen LogP contribution in [0.5, 0.6) is 11.5 Å². The Balaban J connectivity index is 2.18. The Bertz CT molecular complexity index is 559. The van der Waals surface area contributed by atoms with Gasteiger partial charge in [-0.15, -0.1) is 0 Å². The molecule has 1 nitrogen and oxygen atoms in total. The summed E-state index contributed by atoms with van der Waals surface area (Å²) in [7, 11) is 0. The summed E-state index contributed by atoms with van der Waals surface area (Å²) in [5.74, 6) is 1.97. The number of rotatable bonds is 10. The molecule has 1 heteroatoms. The van der Waals surface area contributed by atoms with E-state index in [9.17, 15) is 0 Å². The number of benzene rings is 2. The standard InChI is InChI=1S/C22H30O/c1-3-5-8-13-19-14-12-18-22(21(19)17-9-6-4-2)23-20-15-10-7-11-16-20/h7,10-12,14-16,18H,3-6,8-9,13,17H2,1-2H3. The van der Waals surface area contributed by atoms with E-state index in [0.29, 0.717) is 0 Å². The molecule has 0 heterocycles. The highest BCUT2D eigenvalue weighted by Gasteiger charge is 2.10. The molecule has 0 unspecified atom stereocenters. The molecule has 0 saturated heterocycles. The predicted octanol–water partition coefficient (Wildman–Crippen LogP) is 6.94. The molecule has 2 aromatic rings. The van der Waals surface area contributed by atoms with E-state index in [0.717, 1.165) is 17.9 Å². The summed E-state index contributed by atoms with van der Waals surface area (Å²) >= 11 is 0. The van der Waals surface area contributed by atoms with Crippen molar-refractivity contribution in [1.82, 2.24) is 0 Å². The first kappa shape index (κ1) is 17.6. The number of hydrogen-bond acceptors (Lipinski definition) is 1. The van der Waals surface area contributed by atoms with Crippen LogP contribution in [0, 0.1) is 0 Å². The molecular formula is C22H30O. The van der Waals surface area contributed by atoms with Crippen LogP contribution in [0.1, 0.15) is 63.5 Å². The van der Waals surface area contributed by atoms with Crippen molar-refractivity contribution in [3.8, 4) is 11.5 Å². The molecule has 0 aromatic heterocycles. The largest absolute Gasteiger partial charge is 0.457 e. The molecule has 2 aromatic carbocycles. The summed E-state index contributed by atoms with van der Waals surface area (Å²) < 4.78 is 6.19. The zero-order valence-corrected chi connectivity index (χ0v) is 14.7. The molecule has 0 bridgehead atoms. The monoisotopic (exact) mass is 310 g/mol. The highest BCUT2D eigenvalue weighted by atomic mass is 16.5. The maximum absolute atomic E-state index is 6.19. The van der Waals surface area contributed by atoms with Crippen LogP contribution in [0.2, 0.25) is 0 Å². The Morgan fingerprint density at radius 3 is 2.09 bits per heavy atom. The van der Waals surface area contributed by atoms with Crippen LogP contribution >= 0.6 is 0 Å². The fourth-order valence-electron chi connectivity index (χ4n) is 2.96. The van der Waals surface area contributed by atoms with Crippen molar-refractivity contribution >= 4 is 0 Å². The maximum Gasteiger partial charge on any atom is 0.130 e. The lowest BCUT2D eigenvalue weighted by Crippen LogP contribution is -1.99. The summed E-state index contributed by atoms with van der Waals surface area (Å²) in [4.78, 5) is 0. The molecule has 0 aliphatic heterocycles. The van der Waals surface area contributed by atoms with Gasteiger partial charge in [0.15, 0.2) is 0 Å². The second kappa shape index (κ2) is 10.1. The number of para-hydroxylation sites is 1. The van der Waals surface area contributed by atoms with Gasteiger partial charge in [0.05, 0.1) is 0 Å². The average Bonchev–Trinajstić information content (AvgIpc) is 2.58. The van der Waals surface area contributed by atoms with Gasteiger partial charge in [0.2, 0.25) is 0 Å². The molecule has 0 fully saturated rings. The summed E-state index contributed by atoms with van der Waals surface area (Å²) in [5.41, 5.74) is 2.89. The molecule has 0 saturated carbocycles. The van der Waals surface area contributed by atoms with Gasteiger partial charge in [-0.05, 0) is 55.0 Å². The van der Waals surface area contributed by atoms with E-state index in [-0.39, 0.29) is 0 Å². The van der Waals surface area contributed by atoms with Crippen LogP contribution in [0.4, 0.5) is 0 Å². The lowest BCUT2D eigenvalue weighted by Gasteiger charge is -2.16. The summed E-state index contributed by atoms with van der Waals surface area (Å²) in [6.45, 7) is 4.52. The van der Waals surface area contributed by atoms with Crippen LogP contribution in [0.25, 0.3) is 0 Å². The van der Waals surface area contributed by atoms with Gasteiger partial charge in [0, 0.05) is 0 Å². The van der Waals surface area contributed by atoms with Crippen molar-refractivity contribution in [2.24, 2.45) is 0 Å². The minimum Gasteiger partial charge on any atom is -0.457 e. The summed E-state index contributed by atoms with van der Waals surface area (Å²) in [6.07, 6.45) is 9.92. The van der Waals surface area contributed by atoms with Gasteiger partial charge in [0.25, 0.3) is 0 Å². The zero-order chi connectivity index (χ0) is 16.3. The van der Waals surface area contributed by atoms with E-state index in [1.54, 1.807) is 0 Å². The lowest BCUT2D eigenvalue weighted by molar-refractivity contribution is 0.473. The molecule has 0 atom stereocenters. The van der Waals surface area contributed by atoms with E-state index in [4.69, 9.17) is 4.74 Å². The fourth-order valence-corrected chi connectivity index (χ4v) is 2.96. The molecule has 0 amide bonds. The molecule has 0 aliphatic carbocycles. The van der Waals surface area contributed by atoms with Crippen molar-refractivity contribution in [3.63, 3.8) is 0 Å². The maximum atomic E-state index is 6.19. The molecule has 0 aliphatic rings. The second-order valence-corrected chi connectivity index (χ2v) is 6.22. The minimum atomic E-state index is 0.926. The molecule has 2 rings (SSSR count). The Kier molecular flexibility index (Phi) is 7.72. The van der Waals surface area contributed by atoms with Gasteiger partial charge in [-0.25, -0.2) is 0 Å². The Morgan fingerprint density at radius 1 is 0.696 bits per heavy atom. The van der Waals surface area contributed by atoms with Gasteiger partial charge in [-0.2, -0.15) is 0 Å². The van der Waals surface area contributed by atoms with Gasteiger partial charge in [-0.3, -0.25) is 0 Å². The average molecular weight is 310 g/mol. The number of unbranched alkanes of at least 4 members (excludes halogenated alkanes) is 4. The zero-order valence-electron chi connectivity index (χ0n) is 14.7. The fraction of sp³-hybridized carbons (Fsp3) is 0.455. The van der Waals surface area contributed by atoms with E-state index in [2.05, 4.69) is 32.0 Å². The Hall–Kier alpha value is -1.76. The minimum absolute atomic E-state index is 0.926. The van der Waals surface area contributed by atoms with Crippen molar-refractivity contribution in [3.05, 3.63) is 59.7 Å². The van der Waals surface area contributed by atoms with Crippen LogP contribution in [0.3, 0.4) is 0 Å². The van der Waals surface area contributed by atoms with Crippen LogP contribution in [0.15, 0.2) is 48.5 Å². The first-order valence-electron chi connectivity index (χ1n) is 9.18. The Labute approximate surface area is 141 Å². The quantitative estimate of drug-likeness (QED) is 0.432. The van der Waals surface area contributed by atoms with E-state index < -0.39 is 0 Å². The number of aryl methyl sites for hydroxylation is 1. The number of hydrogen-bond donors (Lipinski definition) is 0. The SMILES string of the molecule is CCCCCc1cccc(Oc2ccccc2)c1CCCCC. The molecule has 124 valence electrons. The first-order chi connectivity index (χ1) is 11.3. The van der Waals surface area contributed by atoms with Crippen LogP contribution in [-0.2, 0) is 12.8 Å². The first-order valence-corrected chi connectivity index (χ1v) is 9.18. The Morgan fingerprint density at radius 2 is 1.39 bits per heavy atom. The van der Waals surface area contributed by atoms with E-state index >= 15 is 0 Å². The third-order valence-electron chi connectivity index (χ3n) is 4.28. The van der Waals surface area contributed by atoms with Crippen molar-refractivity contribution < 1.29 is 4.74 Å². The molecule has 23 heavy (non-hydrogen) atoms. The molecular weight excluding hydrogens is 280 g/mol. The molecule has 0 N–H and O–H groups in total. The summed E-state index contributed by atoms with van der Waals surface area (Å²) in [5, 5.41) is 0. The van der Waals surface area contributed by atoms with Crippen LogP contribution in [-0.4, -0.2) is 0 Å². The van der Waals surface area contributed by atoms with Crippen molar-refractivity contribution in [2.75, 3.05) is 0 Å². The molecule has 0 spiro atoms. The predicted molar refractivity (Wildman–Crippen MR) is 99.4 cm³/mol. The van der Waals surface area contributed by atoms with E-state index in [1.165, 1.54) is 56.1 Å². The van der Waals surface area contributed by atoms with Gasteiger partial charge >= 0.3 is 0 Å². The van der Waals surface area contributed by atoms with Gasteiger partial charge in [-0.1, -0.05) is 69.9 Å². The highest BCUT2D eigenvalue weighted by molar-refractivity contribution is 5.43. The second-order valence-electron chi connectivity index (χ2n) is 6.22. The van der Waals surface area contributed by atoms with Gasteiger partial charge < -0.3 is 4.74 Å². The topological polar surface area (TPSA) is 9.23 Å². The smallest absolute Gasteiger partial charge is 0.130 e. The van der Waals surface area contributed by atoms with Gasteiger partial charge in [0.1, 0.15) is 11.5 Å². The highest BCUT2D eigenvalue weighted by Crippen LogP contribution is 2.30. The number of ether oxygens (including phenoxy) is 1. The normalized spacial score (nSPS) is 10.7. The third kappa shape index (κ3) is 5.74. The van der Waals surface area contributed by atoms with E-state index in [1.807, 2.05) is 30.3 Å². The lowest BCUT2D eigenvalue weighted by atomic mass is 9.96.